The molecule has 1 amide bonds. The van der Waals surface area contributed by atoms with Crippen LogP contribution in [0.3, 0.4) is 0 Å². The third kappa shape index (κ3) is 3.79. The lowest BCUT2D eigenvalue weighted by Gasteiger charge is -2.18. The Bertz CT molecular complexity index is 1710. The van der Waals surface area contributed by atoms with Gasteiger partial charge in [0, 0.05) is 18.0 Å². The number of benzene rings is 2. The normalized spacial score (nSPS) is 11.7. The van der Waals surface area contributed by atoms with E-state index >= 15 is 0 Å². The van der Waals surface area contributed by atoms with Crippen molar-refractivity contribution < 1.29 is 9.21 Å². The number of carbonyl (C=O) groups is 1. The van der Waals surface area contributed by atoms with Crippen molar-refractivity contribution in [3.63, 3.8) is 0 Å². The molecule has 0 saturated heterocycles. The maximum absolute atomic E-state index is 13.8. The number of amides is 1. The van der Waals surface area contributed by atoms with Gasteiger partial charge in [0.1, 0.15) is 16.9 Å². The highest BCUT2D eigenvalue weighted by Crippen LogP contribution is 2.30. The SMILES string of the molecule is CC#Cc1cccc2oc([C@H](C)NC(=O)c3c(N)nn4cccnc34)c(-c3ccccc3)c(=O)c12. The monoisotopic (exact) mass is 463 g/mol. The molecule has 3 heterocycles. The number of rotatable bonds is 4. The van der Waals surface area contributed by atoms with Crippen LogP contribution >= 0.6 is 0 Å². The minimum Gasteiger partial charge on any atom is -0.458 e. The van der Waals surface area contributed by atoms with Gasteiger partial charge >= 0.3 is 0 Å². The van der Waals surface area contributed by atoms with E-state index in [9.17, 15) is 9.59 Å². The van der Waals surface area contributed by atoms with Gasteiger partial charge in [-0.15, -0.1) is 11.0 Å². The third-order valence-corrected chi connectivity index (χ3v) is 5.66. The molecule has 0 bridgehead atoms. The van der Waals surface area contributed by atoms with Crippen molar-refractivity contribution in [1.29, 1.82) is 0 Å². The van der Waals surface area contributed by atoms with Crippen molar-refractivity contribution in [2.45, 2.75) is 19.9 Å². The zero-order chi connectivity index (χ0) is 24.5. The van der Waals surface area contributed by atoms with Gasteiger partial charge in [-0.25, -0.2) is 9.50 Å². The fourth-order valence-corrected chi connectivity index (χ4v) is 4.13. The summed E-state index contributed by atoms with van der Waals surface area (Å²) >= 11 is 0. The van der Waals surface area contributed by atoms with Crippen LogP contribution in [0.4, 0.5) is 5.82 Å². The predicted octanol–water partition coefficient (Wildman–Crippen LogP) is 3.95. The van der Waals surface area contributed by atoms with Crippen molar-refractivity contribution in [1.82, 2.24) is 19.9 Å². The van der Waals surface area contributed by atoms with Gasteiger partial charge in [0.25, 0.3) is 5.91 Å². The summed E-state index contributed by atoms with van der Waals surface area (Å²) in [6, 6.07) is 15.5. The molecule has 0 aliphatic rings. The number of anilines is 1. The van der Waals surface area contributed by atoms with E-state index in [2.05, 4.69) is 27.2 Å². The van der Waals surface area contributed by atoms with Crippen molar-refractivity contribution in [3.8, 4) is 23.0 Å². The molecule has 8 heteroatoms. The van der Waals surface area contributed by atoms with Crippen molar-refractivity contribution in [2.24, 2.45) is 0 Å². The van der Waals surface area contributed by atoms with Gasteiger partial charge in [0.05, 0.1) is 17.0 Å². The minimum absolute atomic E-state index is 0.0550. The summed E-state index contributed by atoms with van der Waals surface area (Å²) in [6.07, 6.45) is 3.22. The molecule has 0 saturated carbocycles. The summed E-state index contributed by atoms with van der Waals surface area (Å²) in [5.41, 5.74) is 8.30. The first-order valence-electron chi connectivity index (χ1n) is 11.0. The highest BCUT2D eigenvalue weighted by molar-refractivity contribution is 6.04. The molecule has 5 aromatic rings. The van der Waals surface area contributed by atoms with Crippen LogP contribution in [-0.2, 0) is 0 Å². The maximum Gasteiger partial charge on any atom is 0.259 e. The second-order valence-corrected chi connectivity index (χ2v) is 7.93. The number of hydrogen-bond donors (Lipinski definition) is 2. The summed E-state index contributed by atoms with van der Waals surface area (Å²) in [5, 5.41) is 7.45. The number of nitrogens with zero attached hydrogens (tertiary/aromatic N) is 3. The molecule has 0 fully saturated rings. The Morgan fingerprint density at radius 1 is 1.14 bits per heavy atom. The van der Waals surface area contributed by atoms with Crippen molar-refractivity contribution in [3.05, 3.63) is 94.1 Å². The van der Waals surface area contributed by atoms with Crippen molar-refractivity contribution in [2.75, 3.05) is 5.73 Å². The van der Waals surface area contributed by atoms with E-state index in [1.807, 2.05) is 30.3 Å². The Balaban J connectivity index is 1.66. The number of fused-ring (bicyclic) bond motifs is 2. The van der Waals surface area contributed by atoms with Crippen LogP contribution in [0, 0.1) is 11.8 Å². The number of hydrogen-bond acceptors (Lipinski definition) is 6. The van der Waals surface area contributed by atoms with Crippen LogP contribution in [0.2, 0.25) is 0 Å². The first-order valence-corrected chi connectivity index (χ1v) is 11.0. The van der Waals surface area contributed by atoms with Gasteiger partial charge in [-0.05, 0) is 37.6 Å². The van der Waals surface area contributed by atoms with E-state index in [1.54, 1.807) is 50.5 Å². The number of nitrogens with two attached hydrogens (primary N) is 1. The second kappa shape index (κ2) is 8.80. The molecule has 3 aromatic heterocycles. The number of nitrogens with one attached hydrogen (secondary N) is 1. The molecule has 5 rings (SSSR count). The fraction of sp³-hybridized carbons (Fsp3) is 0.111. The summed E-state index contributed by atoms with van der Waals surface area (Å²) in [5.74, 6) is 5.74. The molecule has 172 valence electrons. The lowest BCUT2D eigenvalue weighted by Crippen LogP contribution is -2.28. The standard InChI is InChI=1S/C27H21N5O3/c1-3-9-17-12-7-13-19-20(17)23(33)21(18-10-5-4-6-11-18)24(35-19)16(2)30-27(34)22-25(28)31-32-15-8-14-29-26(22)32/h4-8,10-16H,1-2H3,(H2,28,31)(H,30,34)/t16-/m0/s1. The smallest absolute Gasteiger partial charge is 0.259 e. The van der Waals surface area contributed by atoms with E-state index in [0.717, 1.165) is 0 Å². The average Bonchev–Trinajstić information content (AvgIpc) is 3.20. The van der Waals surface area contributed by atoms with Crippen LogP contribution in [-0.4, -0.2) is 20.5 Å². The van der Waals surface area contributed by atoms with Crippen LogP contribution < -0.4 is 16.5 Å². The molecule has 3 N–H and O–H groups in total. The number of carbonyl (C=O) groups excluding carboxylic acids is 1. The Morgan fingerprint density at radius 2 is 1.94 bits per heavy atom. The first kappa shape index (κ1) is 21.9. The lowest BCUT2D eigenvalue weighted by molar-refractivity contribution is 0.0938. The fourth-order valence-electron chi connectivity index (χ4n) is 4.13. The van der Waals surface area contributed by atoms with Gasteiger partial charge in [0.2, 0.25) is 5.43 Å². The van der Waals surface area contributed by atoms with E-state index in [1.165, 1.54) is 4.52 Å². The van der Waals surface area contributed by atoms with Crippen LogP contribution in [0.5, 0.6) is 0 Å². The minimum atomic E-state index is -0.672. The molecule has 0 aliphatic heterocycles. The molecule has 0 aliphatic carbocycles. The Labute approximate surface area is 200 Å². The van der Waals surface area contributed by atoms with Crippen molar-refractivity contribution >= 4 is 28.3 Å². The number of nitrogen functional groups attached to an aromatic ring is 1. The topological polar surface area (TPSA) is 116 Å². The quantitative estimate of drug-likeness (QED) is 0.390. The summed E-state index contributed by atoms with van der Waals surface area (Å²) in [4.78, 5) is 31.3. The largest absolute Gasteiger partial charge is 0.458 e. The molecule has 8 nitrogen and oxygen atoms in total. The average molecular weight is 463 g/mol. The molecule has 1 atom stereocenters. The molecule has 0 spiro atoms. The molecule has 0 radical (unpaired) electrons. The van der Waals surface area contributed by atoms with E-state index in [-0.39, 0.29) is 16.8 Å². The Morgan fingerprint density at radius 3 is 2.71 bits per heavy atom. The molecular weight excluding hydrogens is 442 g/mol. The predicted molar refractivity (Wildman–Crippen MR) is 134 cm³/mol. The first-order chi connectivity index (χ1) is 17.0. The molecule has 2 aromatic carbocycles. The van der Waals surface area contributed by atoms with Gasteiger partial charge < -0.3 is 15.5 Å². The zero-order valence-electron chi connectivity index (χ0n) is 19.1. The van der Waals surface area contributed by atoms with Crippen LogP contribution in [0.25, 0.3) is 27.7 Å². The Kier molecular flexibility index (Phi) is 5.51. The van der Waals surface area contributed by atoms with E-state index < -0.39 is 11.9 Å². The van der Waals surface area contributed by atoms with E-state index in [4.69, 9.17) is 10.2 Å². The third-order valence-electron chi connectivity index (χ3n) is 5.66. The molecule has 35 heavy (non-hydrogen) atoms. The second-order valence-electron chi connectivity index (χ2n) is 7.93. The lowest BCUT2D eigenvalue weighted by atomic mass is 9.97. The zero-order valence-corrected chi connectivity index (χ0v) is 19.1. The summed E-state index contributed by atoms with van der Waals surface area (Å²) < 4.78 is 7.70. The summed E-state index contributed by atoms with van der Waals surface area (Å²) in [7, 11) is 0. The molecule has 0 unspecified atom stereocenters. The van der Waals surface area contributed by atoms with E-state index in [0.29, 0.717) is 39.1 Å². The highest BCUT2D eigenvalue weighted by Gasteiger charge is 2.26. The summed E-state index contributed by atoms with van der Waals surface area (Å²) in [6.45, 7) is 3.46. The number of aromatic nitrogens is 3. The van der Waals surface area contributed by atoms with Gasteiger partial charge in [-0.1, -0.05) is 42.3 Å². The van der Waals surface area contributed by atoms with Crippen LogP contribution in [0.1, 0.15) is 41.6 Å². The van der Waals surface area contributed by atoms with Gasteiger partial charge in [0.15, 0.2) is 11.5 Å². The Hall–Kier alpha value is -4.90. The van der Waals surface area contributed by atoms with Gasteiger partial charge in [-0.3, -0.25) is 9.59 Å². The highest BCUT2D eigenvalue weighted by atomic mass is 16.3. The van der Waals surface area contributed by atoms with Gasteiger partial charge in [-0.2, -0.15) is 0 Å². The molecular formula is C27H21N5O3. The van der Waals surface area contributed by atoms with Crippen LogP contribution in [0.15, 0.2) is 76.2 Å². The maximum atomic E-state index is 13.8.